The molecule has 1 amide bonds. The lowest BCUT2D eigenvalue weighted by Crippen LogP contribution is -2.31. The van der Waals surface area contributed by atoms with Gasteiger partial charge >= 0.3 is 0 Å². The molecule has 22 heavy (non-hydrogen) atoms. The molecule has 0 spiro atoms. The summed E-state index contributed by atoms with van der Waals surface area (Å²) >= 11 is 0. The molecule has 1 aliphatic carbocycles. The van der Waals surface area contributed by atoms with Gasteiger partial charge in [-0.2, -0.15) is 10.2 Å². The molecule has 0 saturated carbocycles. The van der Waals surface area contributed by atoms with Crippen LogP contribution in [-0.4, -0.2) is 25.5 Å². The number of carbonyl (C=O) groups excluding carboxylic acids is 1. The van der Waals surface area contributed by atoms with Crippen molar-refractivity contribution in [2.24, 2.45) is 7.05 Å². The fraction of sp³-hybridized carbons (Fsp3) is 0.562. The lowest BCUT2D eigenvalue weighted by molar-refractivity contribution is 0.0931. The first kappa shape index (κ1) is 14.8. The van der Waals surface area contributed by atoms with Gasteiger partial charge in [0, 0.05) is 30.5 Å². The van der Waals surface area contributed by atoms with E-state index in [1.807, 2.05) is 43.4 Å². The van der Waals surface area contributed by atoms with Crippen LogP contribution < -0.4 is 5.32 Å². The molecule has 0 unspecified atom stereocenters. The van der Waals surface area contributed by atoms with Crippen LogP contribution in [0.2, 0.25) is 0 Å². The van der Waals surface area contributed by atoms with Crippen molar-refractivity contribution in [2.75, 3.05) is 0 Å². The lowest BCUT2D eigenvalue weighted by atomic mass is 9.92. The van der Waals surface area contributed by atoms with Gasteiger partial charge in [0.2, 0.25) is 0 Å². The second kappa shape index (κ2) is 5.59. The van der Waals surface area contributed by atoms with Crippen molar-refractivity contribution in [1.82, 2.24) is 24.9 Å². The second-order valence-electron chi connectivity index (χ2n) is 5.95. The first-order chi connectivity index (χ1) is 10.5. The first-order valence-corrected chi connectivity index (χ1v) is 7.88. The van der Waals surface area contributed by atoms with Crippen LogP contribution in [0, 0.1) is 13.8 Å². The molecule has 0 fully saturated rings. The Kier molecular flexibility index (Phi) is 3.76. The van der Waals surface area contributed by atoms with Crippen LogP contribution in [0.25, 0.3) is 0 Å². The summed E-state index contributed by atoms with van der Waals surface area (Å²) in [6.45, 7) is 6.65. The molecule has 3 rings (SSSR count). The molecule has 1 aliphatic rings. The van der Waals surface area contributed by atoms with Crippen molar-refractivity contribution in [3.8, 4) is 0 Å². The van der Waals surface area contributed by atoms with Gasteiger partial charge in [0.05, 0.1) is 23.5 Å². The van der Waals surface area contributed by atoms with E-state index in [4.69, 9.17) is 0 Å². The smallest absolute Gasteiger partial charge is 0.255 e. The standard InChI is InChI=1S/C16H23N5O/c1-5-21-11(3)15(10(2)19-21)16(22)18-13-7-6-8-14-12(13)9-17-20(14)4/h9,13H,5-8H2,1-4H3,(H,18,22)/t13-/m0/s1. The molecule has 0 bridgehead atoms. The molecule has 2 aromatic rings. The van der Waals surface area contributed by atoms with E-state index in [1.165, 1.54) is 5.69 Å². The van der Waals surface area contributed by atoms with Gasteiger partial charge in [-0.1, -0.05) is 0 Å². The van der Waals surface area contributed by atoms with Crippen LogP contribution in [-0.2, 0) is 20.0 Å². The van der Waals surface area contributed by atoms with Gasteiger partial charge in [-0.05, 0) is 40.0 Å². The summed E-state index contributed by atoms with van der Waals surface area (Å²) in [5.74, 6) is -0.0311. The molecule has 6 nitrogen and oxygen atoms in total. The second-order valence-corrected chi connectivity index (χ2v) is 5.95. The van der Waals surface area contributed by atoms with E-state index < -0.39 is 0 Å². The van der Waals surface area contributed by atoms with Gasteiger partial charge in [0.1, 0.15) is 0 Å². The number of aryl methyl sites for hydroxylation is 3. The van der Waals surface area contributed by atoms with Gasteiger partial charge in [0.25, 0.3) is 5.91 Å². The SMILES string of the molecule is CCn1nc(C)c(C(=O)N[C@H]2CCCc3c2cnn3C)c1C. The number of nitrogens with zero attached hydrogens (tertiary/aromatic N) is 4. The van der Waals surface area contributed by atoms with E-state index in [1.54, 1.807) is 0 Å². The minimum Gasteiger partial charge on any atom is -0.345 e. The Hall–Kier alpha value is -2.11. The molecular weight excluding hydrogens is 278 g/mol. The predicted molar refractivity (Wildman–Crippen MR) is 83.7 cm³/mol. The van der Waals surface area contributed by atoms with Crippen LogP contribution in [0.5, 0.6) is 0 Å². The number of hydrogen-bond donors (Lipinski definition) is 1. The third kappa shape index (κ3) is 2.32. The Balaban J connectivity index is 1.85. The van der Waals surface area contributed by atoms with E-state index in [9.17, 15) is 4.79 Å². The summed E-state index contributed by atoms with van der Waals surface area (Å²) in [5, 5.41) is 11.9. The Morgan fingerprint density at radius 1 is 1.45 bits per heavy atom. The molecule has 0 saturated heterocycles. The molecule has 1 N–H and O–H groups in total. The number of fused-ring (bicyclic) bond motifs is 1. The van der Waals surface area contributed by atoms with Crippen molar-refractivity contribution in [1.29, 1.82) is 0 Å². The molecule has 2 heterocycles. The number of amides is 1. The quantitative estimate of drug-likeness (QED) is 0.943. The summed E-state index contributed by atoms with van der Waals surface area (Å²) in [5.41, 5.74) is 4.81. The van der Waals surface area contributed by atoms with Crippen molar-refractivity contribution in [3.05, 3.63) is 34.4 Å². The topological polar surface area (TPSA) is 64.7 Å². The minimum atomic E-state index is -0.0311. The Morgan fingerprint density at radius 2 is 2.23 bits per heavy atom. The molecular formula is C16H23N5O. The van der Waals surface area contributed by atoms with Crippen molar-refractivity contribution in [2.45, 2.75) is 52.6 Å². The largest absolute Gasteiger partial charge is 0.345 e. The van der Waals surface area contributed by atoms with Crippen LogP contribution in [0.1, 0.15) is 58.8 Å². The van der Waals surface area contributed by atoms with Gasteiger partial charge in [-0.25, -0.2) is 0 Å². The zero-order chi connectivity index (χ0) is 15.9. The highest BCUT2D eigenvalue weighted by atomic mass is 16.1. The van der Waals surface area contributed by atoms with Gasteiger partial charge in [-0.3, -0.25) is 14.2 Å². The fourth-order valence-electron chi connectivity index (χ4n) is 3.42. The van der Waals surface area contributed by atoms with Gasteiger partial charge in [-0.15, -0.1) is 0 Å². The van der Waals surface area contributed by atoms with Crippen molar-refractivity contribution >= 4 is 5.91 Å². The molecule has 0 radical (unpaired) electrons. The van der Waals surface area contributed by atoms with Crippen LogP contribution in [0.15, 0.2) is 6.20 Å². The van der Waals surface area contributed by atoms with Crippen LogP contribution in [0.3, 0.4) is 0 Å². The van der Waals surface area contributed by atoms with E-state index in [0.29, 0.717) is 5.56 Å². The third-order valence-electron chi connectivity index (χ3n) is 4.59. The van der Waals surface area contributed by atoms with Crippen LogP contribution >= 0.6 is 0 Å². The minimum absolute atomic E-state index is 0.0311. The number of aromatic nitrogens is 4. The van der Waals surface area contributed by atoms with Crippen molar-refractivity contribution in [3.63, 3.8) is 0 Å². The number of hydrogen-bond acceptors (Lipinski definition) is 3. The lowest BCUT2D eigenvalue weighted by Gasteiger charge is -2.23. The monoisotopic (exact) mass is 301 g/mol. The molecule has 0 aliphatic heterocycles. The summed E-state index contributed by atoms with van der Waals surface area (Å²) in [6.07, 6.45) is 4.95. The molecule has 0 aromatic carbocycles. The molecule has 6 heteroatoms. The normalized spacial score (nSPS) is 17.4. The summed E-state index contributed by atoms with van der Waals surface area (Å²) in [6, 6.07) is 0.0497. The maximum absolute atomic E-state index is 12.7. The van der Waals surface area contributed by atoms with E-state index >= 15 is 0 Å². The summed E-state index contributed by atoms with van der Waals surface area (Å²) < 4.78 is 3.79. The van der Waals surface area contributed by atoms with E-state index in [-0.39, 0.29) is 11.9 Å². The fourth-order valence-corrected chi connectivity index (χ4v) is 3.42. The highest BCUT2D eigenvalue weighted by molar-refractivity contribution is 5.96. The van der Waals surface area contributed by atoms with E-state index in [2.05, 4.69) is 15.5 Å². The Labute approximate surface area is 130 Å². The summed E-state index contributed by atoms with van der Waals surface area (Å²) in [7, 11) is 1.96. The highest BCUT2D eigenvalue weighted by Gasteiger charge is 2.27. The molecule has 118 valence electrons. The zero-order valence-electron chi connectivity index (χ0n) is 13.7. The average Bonchev–Trinajstić information content (AvgIpc) is 3.00. The summed E-state index contributed by atoms with van der Waals surface area (Å²) in [4.78, 5) is 12.7. The maximum atomic E-state index is 12.7. The van der Waals surface area contributed by atoms with Gasteiger partial charge < -0.3 is 5.32 Å². The predicted octanol–water partition coefficient (Wildman–Crippen LogP) is 2.06. The first-order valence-electron chi connectivity index (χ1n) is 7.88. The Morgan fingerprint density at radius 3 is 2.91 bits per heavy atom. The average molecular weight is 301 g/mol. The third-order valence-corrected chi connectivity index (χ3v) is 4.59. The zero-order valence-corrected chi connectivity index (χ0v) is 13.7. The number of rotatable bonds is 3. The number of nitrogens with one attached hydrogen (secondary N) is 1. The van der Waals surface area contributed by atoms with Crippen LogP contribution in [0.4, 0.5) is 0 Å². The Bertz CT molecular complexity index is 712. The van der Waals surface area contributed by atoms with E-state index in [0.717, 1.165) is 42.8 Å². The highest BCUT2D eigenvalue weighted by Crippen LogP contribution is 2.29. The number of carbonyl (C=O) groups is 1. The molecule has 1 atom stereocenters. The van der Waals surface area contributed by atoms with Gasteiger partial charge in [0.15, 0.2) is 0 Å². The van der Waals surface area contributed by atoms with Crippen molar-refractivity contribution < 1.29 is 4.79 Å². The molecule has 2 aromatic heterocycles. The maximum Gasteiger partial charge on any atom is 0.255 e.